The molecule has 0 bridgehead atoms. The Hall–Kier alpha value is 0.390. The number of nitrogens with zero attached hydrogens (tertiary/aromatic N) is 1. The van der Waals surface area contributed by atoms with E-state index in [0.29, 0.717) is 0 Å². The Morgan fingerprint density at radius 2 is 1.94 bits per heavy atom. The summed E-state index contributed by atoms with van der Waals surface area (Å²) in [7, 11) is 0. The summed E-state index contributed by atoms with van der Waals surface area (Å²) in [6.07, 6.45) is 5.48. The SMILES string of the molecule is BrCC1CCCCCN1Cc1ccc(I)cc1. The van der Waals surface area contributed by atoms with E-state index in [1.165, 1.54) is 41.4 Å². The van der Waals surface area contributed by atoms with E-state index in [-0.39, 0.29) is 0 Å². The van der Waals surface area contributed by atoms with Crippen LogP contribution in [0.2, 0.25) is 0 Å². The molecular weight excluding hydrogens is 389 g/mol. The van der Waals surface area contributed by atoms with Crippen molar-refractivity contribution in [2.75, 3.05) is 11.9 Å². The highest BCUT2D eigenvalue weighted by Crippen LogP contribution is 2.21. The van der Waals surface area contributed by atoms with E-state index in [2.05, 4.69) is 67.7 Å². The van der Waals surface area contributed by atoms with Crippen LogP contribution < -0.4 is 0 Å². The molecule has 1 aliphatic heterocycles. The molecule has 0 saturated carbocycles. The molecule has 1 saturated heterocycles. The lowest BCUT2D eigenvalue weighted by atomic mass is 10.1. The van der Waals surface area contributed by atoms with E-state index in [1.807, 2.05) is 0 Å². The molecule has 0 aromatic heterocycles. The number of hydrogen-bond acceptors (Lipinski definition) is 1. The zero-order valence-electron chi connectivity index (χ0n) is 10.0. The van der Waals surface area contributed by atoms with Crippen LogP contribution in [-0.4, -0.2) is 22.8 Å². The van der Waals surface area contributed by atoms with E-state index in [1.54, 1.807) is 0 Å². The van der Waals surface area contributed by atoms with Crippen LogP contribution in [0.1, 0.15) is 31.2 Å². The molecule has 1 atom stereocenters. The van der Waals surface area contributed by atoms with Gasteiger partial charge >= 0.3 is 0 Å². The number of likely N-dealkylation sites (tertiary alicyclic amines) is 1. The fourth-order valence-corrected chi connectivity index (χ4v) is 3.54. The molecule has 1 unspecified atom stereocenters. The summed E-state index contributed by atoms with van der Waals surface area (Å²) in [6, 6.07) is 9.65. The average Bonchev–Trinajstić information content (AvgIpc) is 2.57. The highest BCUT2D eigenvalue weighted by Gasteiger charge is 2.19. The van der Waals surface area contributed by atoms with Gasteiger partial charge in [0, 0.05) is 21.5 Å². The van der Waals surface area contributed by atoms with Gasteiger partial charge in [0.1, 0.15) is 0 Å². The van der Waals surface area contributed by atoms with Crippen LogP contribution in [0.4, 0.5) is 0 Å². The smallest absolute Gasteiger partial charge is 0.0237 e. The Morgan fingerprint density at radius 1 is 1.18 bits per heavy atom. The molecule has 0 spiro atoms. The van der Waals surface area contributed by atoms with Gasteiger partial charge in [-0.15, -0.1) is 0 Å². The summed E-state index contributed by atoms with van der Waals surface area (Å²) in [4.78, 5) is 2.64. The first-order valence-corrected chi connectivity index (χ1v) is 8.54. The molecule has 0 amide bonds. The van der Waals surface area contributed by atoms with Crippen molar-refractivity contribution < 1.29 is 0 Å². The highest BCUT2D eigenvalue weighted by molar-refractivity contribution is 14.1. The van der Waals surface area contributed by atoms with Gasteiger partial charge in [-0.2, -0.15) is 0 Å². The number of halogens is 2. The molecule has 1 aromatic rings. The minimum Gasteiger partial charge on any atom is -0.295 e. The van der Waals surface area contributed by atoms with Crippen molar-refractivity contribution in [3.63, 3.8) is 0 Å². The minimum atomic E-state index is 0.719. The summed E-state index contributed by atoms with van der Waals surface area (Å²) in [5.74, 6) is 0. The van der Waals surface area contributed by atoms with Gasteiger partial charge in [0.15, 0.2) is 0 Å². The predicted octanol–water partition coefficient (Wildman–Crippen LogP) is 4.43. The maximum absolute atomic E-state index is 3.67. The van der Waals surface area contributed by atoms with Crippen LogP contribution in [0.15, 0.2) is 24.3 Å². The molecule has 17 heavy (non-hydrogen) atoms. The third-order valence-electron chi connectivity index (χ3n) is 3.48. The first-order chi connectivity index (χ1) is 8.29. The summed E-state index contributed by atoms with van der Waals surface area (Å²) >= 11 is 6.03. The van der Waals surface area contributed by atoms with Crippen LogP contribution in [0, 0.1) is 3.57 Å². The molecule has 0 N–H and O–H groups in total. The van der Waals surface area contributed by atoms with E-state index in [0.717, 1.165) is 17.9 Å². The Labute approximate surface area is 126 Å². The molecule has 1 aliphatic rings. The molecule has 0 aliphatic carbocycles. The minimum absolute atomic E-state index is 0.719. The molecule has 94 valence electrons. The predicted molar refractivity (Wildman–Crippen MR) is 85.6 cm³/mol. The Kier molecular flexibility index (Phi) is 5.77. The summed E-state index contributed by atoms with van der Waals surface area (Å²) in [6.45, 7) is 2.36. The lowest BCUT2D eigenvalue weighted by molar-refractivity contribution is 0.209. The van der Waals surface area contributed by atoms with Gasteiger partial charge in [-0.3, -0.25) is 4.90 Å². The van der Waals surface area contributed by atoms with Gasteiger partial charge in [-0.25, -0.2) is 0 Å². The second kappa shape index (κ2) is 7.10. The van der Waals surface area contributed by atoms with Gasteiger partial charge < -0.3 is 0 Å². The molecule has 2 rings (SSSR count). The normalized spacial score (nSPS) is 22.4. The molecule has 1 nitrogen and oxygen atoms in total. The fraction of sp³-hybridized carbons (Fsp3) is 0.571. The van der Waals surface area contributed by atoms with Crippen LogP contribution in [0.5, 0.6) is 0 Å². The maximum Gasteiger partial charge on any atom is 0.0237 e. The van der Waals surface area contributed by atoms with Crippen LogP contribution in [0.25, 0.3) is 0 Å². The van der Waals surface area contributed by atoms with Gasteiger partial charge in [0.05, 0.1) is 0 Å². The van der Waals surface area contributed by atoms with Crippen molar-refractivity contribution in [3.05, 3.63) is 33.4 Å². The van der Waals surface area contributed by atoms with Crippen molar-refractivity contribution in [2.24, 2.45) is 0 Å². The molecule has 1 aromatic carbocycles. The third-order valence-corrected chi connectivity index (χ3v) is 4.94. The first-order valence-electron chi connectivity index (χ1n) is 6.34. The average molecular weight is 408 g/mol. The monoisotopic (exact) mass is 407 g/mol. The van der Waals surface area contributed by atoms with Gasteiger partial charge in [-0.1, -0.05) is 40.9 Å². The lowest BCUT2D eigenvalue weighted by Crippen LogP contribution is -2.35. The standard InChI is InChI=1S/C14H19BrIN/c15-10-14-4-2-1-3-9-17(14)11-12-5-7-13(16)8-6-12/h5-8,14H,1-4,9-11H2. The van der Waals surface area contributed by atoms with Crippen molar-refractivity contribution >= 4 is 38.5 Å². The quantitative estimate of drug-likeness (QED) is 0.529. The van der Waals surface area contributed by atoms with Gasteiger partial charge in [-0.05, 0) is 59.7 Å². The second-order valence-electron chi connectivity index (χ2n) is 4.75. The topological polar surface area (TPSA) is 3.24 Å². The Balaban J connectivity index is 2.01. The van der Waals surface area contributed by atoms with Crippen molar-refractivity contribution in [3.8, 4) is 0 Å². The maximum atomic E-state index is 3.67. The third kappa shape index (κ3) is 4.21. The number of benzene rings is 1. The van der Waals surface area contributed by atoms with Crippen LogP contribution in [-0.2, 0) is 6.54 Å². The molecule has 1 heterocycles. The molecule has 0 radical (unpaired) electrons. The van der Waals surface area contributed by atoms with Crippen molar-refractivity contribution in [1.82, 2.24) is 4.90 Å². The van der Waals surface area contributed by atoms with Crippen LogP contribution >= 0.6 is 38.5 Å². The zero-order chi connectivity index (χ0) is 12.1. The number of rotatable bonds is 3. The lowest BCUT2D eigenvalue weighted by Gasteiger charge is -2.28. The summed E-state index contributed by atoms with van der Waals surface area (Å²) in [5, 5.41) is 1.11. The largest absolute Gasteiger partial charge is 0.295 e. The molecule has 1 fully saturated rings. The van der Waals surface area contributed by atoms with E-state index >= 15 is 0 Å². The summed E-state index contributed by atoms with van der Waals surface area (Å²) < 4.78 is 1.32. The molecule has 3 heteroatoms. The van der Waals surface area contributed by atoms with Gasteiger partial charge in [0.25, 0.3) is 0 Å². The number of hydrogen-bond donors (Lipinski definition) is 0. The summed E-state index contributed by atoms with van der Waals surface area (Å²) in [5.41, 5.74) is 1.44. The Bertz CT molecular complexity index is 339. The number of alkyl halides is 1. The first kappa shape index (κ1) is 13.8. The fourth-order valence-electron chi connectivity index (χ4n) is 2.44. The molecular formula is C14H19BrIN. The second-order valence-corrected chi connectivity index (χ2v) is 6.65. The highest BCUT2D eigenvalue weighted by atomic mass is 127. The van der Waals surface area contributed by atoms with E-state index in [4.69, 9.17) is 0 Å². The van der Waals surface area contributed by atoms with Gasteiger partial charge in [0.2, 0.25) is 0 Å². The Morgan fingerprint density at radius 3 is 2.65 bits per heavy atom. The van der Waals surface area contributed by atoms with Crippen molar-refractivity contribution in [1.29, 1.82) is 0 Å². The zero-order valence-corrected chi connectivity index (χ0v) is 13.8. The van der Waals surface area contributed by atoms with E-state index in [9.17, 15) is 0 Å². The van der Waals surface area contributed by atoms with Crippen LogP contribution in [0.3, 0.4) is 0 Å². The van der Waals surface area contributed by atoms with E-state index < -0.39 is 0 Å². The van der Waals surface area contributed by atoms with Crippen molar-refractivity contribution in [2.45, 2.75) is 38.3 Å².